The number of amides is 1. The third kappa shape index (κ3) is 5.05. The molecule has 1 aliphatic rings. The Morgan fingerprint density at radius 3 is 2.21 bits per heavy atom. The minimum Gasteiger partial charge on any atom is -0.508 e. The molecule has 3 aromatic rings. The number of phenolic OH excluding ortho intramolecular Hbond substituents is 1. The molecule has 0 aromatic heterocycles. The molecule has 1 atom stereocenters. The monoisotopic (exact) mass is 555 g/mol. The maximum atomic E-state index is 13.4. The quantitative estimate of drug-likeness (QED) is 0.168. The molecule has 2 N–H and O–H groups in total. The Labute approximate surface area is 228 Å². The maximum Gasteiger partial charge on any atom is 0.338 e. The van der Waals surface area contributed by atoms with E-state index in [1.165, 1.54) is 72.7 Å². The van der Waals surface area contributed by atoms with Crippen LogP contribution in [0.15, 0.2) is 66.2 Å². The number of hydrogen-bond donors (Lipinski definition) is 2. The average Bonchev–Trinajstić information content (AvgIpc) is 3.13. The molecule has 1 aliphatic heterocycles. The molecular formula is C28H23Cl2NO7. The number of rotatable bonds is 6. The Kier molecular flexibility index (Phi) is 7.66. The number of carbonyl (C=O) groups is 3. The lowest BCUT2D eigenvalue weighted by Crippen LogP contribution is -2.29. The van der Waals surface area contributed by atoms with Crippen LogP contribution < -0.4 is 9.64 Å². The van der Waals surface area contributed by atoms with E-state index in [0.29, 0.717) is 11.3 Å². The minimum atomic E-state index is -1.09. The summed E-state index contributed by atoms with van der Waals surface area (Å²) in [4.78, 5) is 40.2. The van der Waals surface area contributed by atoms with Gasteiger partial charge in [0.2, 0.25) is 0 Å². The van der Waals surface area contributed by atoms with Crippen molar-refractivity contribution in [3.63, 3.8) is 0 Å². The van der Waals surface area contributed by atoms with E-state index in [0.717, 1.165) is 0 Å². The van der Waals surface area contributed by atoms with Gasteiger partial charge in [-0.05, 0) is 67.9 Å². The second kappa shape index (κ2) is 10.8. The summed E-state index contributed by atoms with van der Waals surface area (Å²) in [5, 5.41) is 21.5. The molecule has 38 heavy (non-hydrogen) atoms. The fourth-order valence-corrected chi connectivity index (χ4v) is 4.77. The zero-order valence-corrected chi connectivity index (χ0v) is 22.1. The number of halogens is 2. The van der Waals surface area contributed by atoms with Crippen LogP contribution in [0.4, 0.5) is 5.69 Å². The fourth-order valence-electron chi connectivity index (χ4n) is 4.20. The Morgan fingerprint density at radius 1 is 1.00 bits per heavy atom. The zero-order valence-electron chi connectivity index (χ0n) is 20.6. The number of ketones is 1. The maximum absolute atomic E-state index is 13.4. The third-order valence-corrected chi connectivity index (χ3v) is 6.34. The van der Waals surface area contributed by atoms with Gasteiger partial charge in [-0.15, -0.1) is 0 Å². The molecule has 8 nitrogen and oxygen atoms in total. The van der Waals surface area contributed by atoms with Crippen LogP contribution in [0.2, 0.25) is 10.0 Å². The molecule has 0 spiro atoms. The first-order chi connectivity index (χ1) is 18.0. The highest BCUT2D eigenvalue weighted by Crippen LogP contribution is 2.45. The van der Waals surface area contributed by atoms with Crippen molar-refractivity contribution >= 4 is 52.3 Å². The number of methoxy groups -OCH3 is 1. The third-order valence-electron chi connectivity index (χ3n) is 5.84. The average molecular weight is 556 g/mol. The van der Waals surface area contributed by atoms with Gasteiger partial charge in [-0.2, -0.15) is 0 Å². The summed E-state index contributed by atoms with van der Waals surface area (Å²) in [7, 11) is 1.34. The van der Waals surface area contributed by atoms with Crippen LogP contribution in [0, 0.1) is 0 Å². The highest BCUT2D eigenvalue weighted by molar-refractivity contribution is 6.52. The fraction of sp³-hybridized carbons (Fsp3) is 0.179. The van der Waals surface area contributed by atoms with Gasteiger partial charge in [0.15, 0.2) is 0 Å². The van der Waals surface area contributed by atoms with Crippen LogP contribution in [0.1, 0.15) is 41.4 Å². The Morgan fingerprint density at radius 2 is 1.63 bits per heavy atom. The number of Topliss-reactive ketones (excluding diaryl/α,β-unsaturated/α-hetero) is 1. The number of esters is 1. The number of ether oxygens (including phenoxy) is 2. The highest BCUT2D eigenvalue weighted by Gasteiger charge is 2.47. The summed E-state index contributed by atoms with van der Waals surface area (Å²) >= 11 is 12.4. The second-order valence-corrected chi connectivity index (χ2v) is 9.57. The smallest absolute Gasteiger partial charge is 0.338 e. The van der Waals surface area contributed by atoms with E-state index in [1.807, 2.05) is 0 Å². The SMILES string of the molecule is COc1c(Cl)cc(Cl)cc1/C(O)=C1\C(=O)C(=O)N(c2ccc(C(=O)OC(C)C)cc2)C1c1ccc(O)cc1. The second-order valence-electron chi connectivity index (χ2n) is 8.73. The number of phenols is 1. The lowest BCUT2D eigenvalue weighted by atomic mass is 9.94. The van der Waals surface area contributed by atoms with Gasteiger partial charge < -0.3 is 19.7 Å². The Bertz CT molecular complexity index is 1450. The van der Waals surface area contributed by atoms with E-state index in [9.17, 15) is 24.6 Å². The van der Waals surface area contributed by atoms with E-state index in [-0.39, 0.29) is 44.3 Å². The number of hydrogen-bond acceptors (Lipinski definition) is 7. The predicted molar refractivity (Wildman–Crippen MR) is 143 cm³/mol. The topological polar surface area (TPSA) is 113 Å². The summed E-state index contributed by atoms with van der Waals surface area (Å²) in [5.74, 6) is -2.90. The number of carbonyl (C=O) groups excluding carboxylic acids is 3. The molecule has 1 amide bonds. The summed E-state index contributed by atoms with van der Waals surface area (Å²) in [6.07, 6.45) is -0.313. The van der Waals surface area contributed by atoms with Crippen molar-refractivity contribution in [3.8, 4) is 11.5 Å². The lowest BCUT2D eigenvalue weighted by molar-refractivity contribution is -0.132. The summed E-state index contributed by atoms with van der Waals surface area (Å²) < 4.78 is 10.5. The number of anilines is 1. The van der Waals surface area contributed by atoms with Crippen molar-refractivity contribution in [2.24, 2.45) is 0 Å². The van der Waals surface area contributed by atoms with E-state index in [1.54, 1.807) is 13.8 Å². The molecular weight excluding hydrogens is 533 g/mol. The number of aromatic hydroxyl groups is 1. The van der Waals surface area contributed by atoms with Crippen LogP contribution >= 0.6 is 23.2 Å². The molecule has 1 saturated heterocycles. The number of aliphatic hydroxyl groups is 1. The molecule has 0 aliphatic carbocycles. The van der Waals surface area contributed by atoms with Gasteiger partial charge >= 0.3 is 5.97 Å². The summed E-state index contributed by atoms with van der Waals surface area (Å²) in [6, 6.07) is 13.5. The Balaban J connectivity index is 1.90. The highest BCUT2D eigenvalue weighted by atomic mass is 35.5. The van der Waals surface area contributed by atoms with Gasteiger partial charge in [0.05, 0.1) is 41.0 Å². The molecule has 1 fully saturated rings. The first-order valence-electron chi connectivity index (χ1n) is 11.5. The molecule has 4 rings (SSSR count). The molecule has 10 heteroatoms. The normalized spacial score (nSPS) is 16.7. The first kappa shape index (κ1) is 27.0. The Hall–Kier alpha value is -4.01. The van der Waals surface area contributed by atoms with Crippen molar-refractivity contribution in [2.45, 2.75) is 26.0 Å². The van der Waals surface area contributed by atoms with Crippen LogP contribution in [-0.2, 0) is 14.3 Å². The molecule has 1 unspecified atom stereocenters. The van der Waals surface area contributed by atoms with Crippen LogP contribution in [-0.4, -0.2) is 41.1 Å². The van der Waals surface area contributed by atoms with Crippen molar-refractivity contribution in [3.05, 3.63) is 93.0 Å². The van der Waals surface area contributed by atoms with Crippen LogP contribution in [0.25, 0.3) is 5.76 Å². The van der Waals surface area contributed by atoms with Crippen molar-refractivity contribution in [2.75, 3.05) is 12.0 Å². The minimum absolute atomic E-state index is 0.0259. The van der Waals surface area contributed by atoms with Gasteiger partial charge in [0.25, 0.3) is 11.7 Å². The summed E-state index contributed by atoms with van der Waals surface area (Å²) in [6.45, 7) is 3.46. The standard InChI is InChI=1S/C28H23Cl2NO7/c1-14(2)38-28(36)16-4-8-18(9-5-16)31-23(15-6-10-19(32)11-7-15)22(25(34)27(31)35)24(33)20-12-17(29)13-21(30)26(20)37-3/h4-14,23,32-33H,1-3H3/b24-22+. The van der Waals surface area contributed by atoms with E-state index >= 15 is 0 Å². The number of nitrogens with zero attached hydrogens (tertiary/aromatic N) is 1. The first-order valence-corrected chi connectivity index (χ1v) is 12.2. The lowest BCUT2D eigenvalue weighted by Gasteiger charge is -2.26. The van der Waals surface area contributed by atoms with E-state index in [4.69, 9.17) is 32.7 Å². The molecule has 0 bridgehead atoms. The predicted octanol–water partition coefficient (Wildman–Crippen LogP) is 5.90. The molecule has 196 valence electrons. The van der Waals surface area contributed by atoms with Crippen molar-refractivity contribution < 1.29 is 34.1 Å². The molecule has 3 aromatic carbocycles. The van der Waals surface area contributed by atoms with Crippen molar-refractivity contribution in [1.82, 2.24) is 0 Å². The van der Waals surface area contributed by atoms with Crippen LogP contribution in [0.5, 0.6) is 11.5 Å². The number of aliphatic hydroxyl groups excluding tert-OH is 1. The largest absolute Gasteiger partial charge is 0.508 e. The van der Waals surface area contributed by atoms with E-state index in [2.05, 4.69) is 0 Å². The molecule has 0 saturated carbocycles. The van der Waals surface area contributed by atoms with Gasteiger partial charge in [-0.1, -0.05) is 35.3 Å². The van der Waals surface area contributed by atoms with Crippen molar-refractivity contribution in [1.29, 1.82) is 0 Å². The molecule has 1 heterocycles. The summed E-state index contributed by atoms with van der Waals surface area (Å²) in [5.41, 5.74) is 0.776. The van der Waals surface area contributed by atoms with Gasteiger partial charge in [-0.25, -0.2) is 4.79 Å². The molecule has 0 radical (unpaired) electrons. The van der Waals surface area contributed by atoms with Gasteiger partial charge in [0.1, 0.15) is 17.3 Å². The zero-order chi connectivity index (χ0) is 27.7. The van der Waals surface area contributed by atoms with Crippen LogP contribution in [0.3, 0.4) is 0 Å². The van der Waals surface area contributed by atoms with Gasteiger partial charge in [-0.3, -0.25) is 14.5 Å². The van der Waals surface area contributed by atoms with Gasteiger partial charge in [0, 0.05) is 10.7 Å². The number of benzene rings is 3. The van der Waals surface area contributed by atoms with E-state index < -0.39 is 29.5 Å².